The number of aromatic nitrogens is 1. The van der Waals surface area contributed by atoms with Crippen molar-refractivity contribution in [1.29, 1.82) is 0 Å². The fourth-order valence-corrected chi connectivity index (χ4v) is 2.55. The first-order valence-corrected chi connectivity index (χ1v) is 6.88. The van der Waals surface area contributed by atoms with E-state index in [0.29, 0.717) is 20.6 Å². The van der Waals surface area contributed by atoms with E-state index in [4.69, 9.17) is 16.3 Å². The molecule has 0 spiro atoms. The van der Waals surface area contributed by atoms with Crippen LogP contribution in [0.5, 0.6) is 11.6 Å². The third-order valence-corrected chi connectivity index (χ3v) is 3.60. The number of rotatable bonds is 2. The summed E-state index contributed by atoms with van der Waals surface area (Å²) in [4.78, 5) is 4.12. The van der Waals surface area contributed by atoms with E-state index in [1.54, 1.807) is 6.20 Å². The highest BCUT2D eigenvalue weighted by molar-refractivity contribution is 9.11. The Kier molecular flexibility index (Phi) is 4.25. The van der Waals surface area contributed by atoms with Crippen LogP contribution in [0.3, 0.4) is 0 Å². The summed E-state index contributed by atoms with van der Waals surface area (Å²) in [5.74, 6) is 0.134. The second-order valence-electron chi connectivity index (χ2n) is 3.60. The summed E-state index contributed by atoms with van der Waals surface area (Å²) in [7, 11) is 0. The van der Waals surface area contributed by atoms with Crippen molar-refractivity contribution in [3.8, 4) is 11.6 Å². The van der Waals surface area contributed by atoms with E-state index in [-0.39, 0.29) is 5.02 Å². The fraction of sp³-hybridized carbons (Fsp3) is 0.0833. The Morgan fingerprint density at radius 2 is 1.94 bits per heavy atom. The van der Waals surface area contributed by atoms with Crippen molar-refractivity contribution >= 4 is 43.5 Å². The molecule has 18 heavy (non-hydrogen) atoms. The molecule has 0 saturated carbocycles. The van der Waals surface area contributed by atoms with Crippen LogP contribution in [-0.2, 0) is 0 Å². The molecule has 1 aromatic heterocycles. The smallest absolute Gasteiger partial charge is 0.233 e. The molecule has 94 valence electrons. The summed E-state index contributed by atoms with van der Waals surface area (Å²) >= 11 is 12.3. The molecule has 1 heterocycles. The van der Waals surface area contributed by atoms with Gasteiger partial charge in [0.15, 0.2) is 0 Å². The molecule has 1 aromatic carbocycles. The third kappa shape index (κ3) is 3.02. The molecule has 2 aromatic rings. The number of hydrogen-bond acceptors (Lipinski definition) is 2. The summed E-state index contributed by atoms with van der Waals surface area (Å²) in [6.07, 6.45) is 1.67. The van der Waals surface area contributed by atoms with Crippen LogP contribution < -0.4 is 4.74 Å². The average Bonchev–Trinajstić information content (AvgIpc) is 2.29. The molecule has 6 heteroatoms. The van der Waals surface area contributed by atoms with Gasteiger partial charge in [-0.1, -0.05) is 11.6 Å². The molecule has 0 N–H and O–H groups in total. The average molecular weight is 395 g/mol. The Morgan fingerprint density at radius 1 is 1.22 bits per heavy atom. The quantitative estimate of drug-likeness (QED) is 0.627. The van der Waals surface area contributed by atoms with Gasteiger partial charge in [0, 0.05) is 12.3 Å². The van der Waals surface area contributed by atoms with Gasteiger partial charge in [0.05, 0.1) is 14.0 Å². The lowest BCUT2D eigenvalue weighted by atomic mass is 10.3. The normalized spacial score (nSPS) is 10.5. The third-order valence-electron chi connectivity index (χ3n) is 2.13. The van der Waals surface area contributed by atoms with Crippen LogP contribution in [0.1, 0.15) is 5.56 Å². The van der Waals surface area contributed by atoms with Gasteiger partial charge in [-0.25, -0.2) is 9.37 Å². The molecule has 0 bridgehead atoms. The van der Waals surface area contributed by atoms with E-state index in [1.807, 2.05) is 13.0 Å². The Labute approximate surface area is 125 Å². The maximum Gasteiger partial charge on any atom is 0.233 e. The molecular formula is C12H7Br2ClFNO. The molecule has 0 aliphatic carbocycles. The molecule has 0 aliphatic rings. The Morgan fingerprint density at radius 3 is 2.61 bits per heavy atom. The summed E-state index contributed by atoms with van der Waals surface area (Å²) in [6.45, 7) is 1.92. The Balaban J connectivity index is 2.37. The van der Waals surface area contributed by atoms with Crippen molar-refractivity contribution in [3.63, 3.8) is 0 Å². The monoisotopic (exact) mass is 393 g/mol. The first-order chi connectivity index (χ1) is 8.47. The van der Waals surface area contributed by atoms with Crippen LogP contribution in [0.25, 0.3) is 0 Å². The summed E-state index contributed by atoms with van der Waals surface area (Å²) in [5.41, 5.74) is 0.996. The summed E-state index contributed by atoms with van der Waals surface area (Å²) in [6, 6.07) is 4.51. The lowest BCUT2D eigenvalue weighted by Gasteiger charge is -2.09. The van der Waals surface area contributed by atoms with Gasteiger partial charge in [-0.2, -0.15) is 0 Å². The molecule has 0 aliphatic heterocycles. The van der Waals surface area contributed by atoms with E-state index >= 15 is 0 Å². The molecule has 2 rings (SSSR count). The van der Waals surface area contributed by atoms with Crippen molar-refractivity contribution in [1.82, 2.24) is 4.98 Å². The van der Waals surface area contributed by atoms with Crippen molar-refractivity contribution in [3.05, 3.63) is 49.7 Å². The maximum absolute atomic E-state index is 13.4. The first-order valence-electron chi connectivity index (χ1n) is 4.92. The SMILES string of the molecule is Cc1cnc(Oc2cc(F)c(Cl)cc2Br)c(Br)c1. The van der Waals surface area contributed by atoms with Crippen LogP contribution in [0.15, 0.2) is 33.3 Å². The molecule has 0 unspecified atom stereocenters. The zero-order valence-corrected chi connectivity index (χ0v) is 13.1. The number of ether oxygens (including phenoxy) is 1. The minimum absolute atomic E-state index is 0.0326. The zero-order valence-electron chi connectivity index (χ0n) is 9.18. The lowest BCUT2D eigenvalue weighted by molar-refractivity contribution is 0.452. The van der Waals surface area contributed by atoms with Gasteiger partial charge in [-0.05, 0) is 56.5 Å². The van der Waals surface area contributed by atoms with Gasteiger partial charge in [-0.15, -0.1) is 0 Å². The number of aryl methyl sites for hydroxylation is 1. The Bertz CT molecular complexity index is 607. The van der Waals surface area contributed by atoms with E-state index in [2.05, 4.69) is 36.8 Å². The molecule has 0 amide bonds. The van der Waals surface area contributed by atoms with Crippen molar-refractivity contribution in [2.45, 2.75) is 6.92 Å². The van der Waals surface area contributed by atoms with Crippen molar-refractivity contribution in [2.75, 3.05) is 0 Å². The summed E-state index contributed by atoms with van der Waals surface area (Å²) < 4.78 is 20.1. The van der Waals surface area contributed by atoms with Crippen LogP contribution in [0.4, 0.5) is 4.39 Å². The largest absolute Gasteiger partial charge is 0.437 e. The minimum Gasteiger partial charge on any atom is -0.437 e. The zero-order chi connectivity index (χ0) is 13.3. The van der Waals surface area contributed by atoms with Gasteiger partial charge >= 0.3 is 0 Å². The van der Waals surface area contributed by atoms with Crippen molar-refractivity contribution < 1.29 is 9.13 Å². The first kappa shape index (κ1) is 13.8. The van der Waals surface area contributed by atoms with Gasteiger partial charge in [0.25, 0.3) is 0 Å². The van der Waals surface area contributed by atoms with Crippen LogP contribution in [-0.4, -0.2) is 4.98 Å². The van der Waals surface area contributed by atoms with Gasteiger partial charge < -0.3 is 4.74 Å². The Hall–Kier alpha value is -0.650. The van der Waals surface area contributed by atoms with Crippen LogP contribution in [0, 0.1) is 12.7 Å². The topological polar surface area (TPSA) is 22.1 Å². The van der Waals surface area contributed by atoms with Crippen LogP contribution in [0.2, 0.25) is 5.02 Å². The standard InChI is InChI=1S/C12H7Br2ClFNO/c1-6-2-8(14)12(17-5-6)18-11-4-10(16)9(15)3-7(11)13/h2-5H,1H3. The van der Waals surface area contributed by atoms with E-state index in [9.17, 15) is 4.39 Å². The highest BCUT2D eigenvalue weighted by atomic mass is 79.9. The number of nitrogens with zero attached hydrogens (tertiary/aromatic N) is 1. The highest BCUT2D eigenvalue weighted by Gasteiger charge is 2.11. The molecular weight excluding hydrogens is 388 g/mol. The minimum atomic E-state index is -0.543. The van der Waals surface area contributed by atoms with E-state index < -0.39 is 5.82 Å². The molecule has 0 fully saturated rings. The molecule has 0 atom stereocenters. The molecule has 0 radical (unpaired) electrons. The van der Waals surface area contributed by atoms with Gasteiger partial charge in [0.1, 0.15) is 11.6 Å². The van der Waals surface area contributed by atoms with E-state index in [0.717, 1.165) is 5.56 Å². The second-order valence-corrected chi connectivity index (χ2v) is 5.71. The van der Waals surface area contributed by atoms with Crippen molar-refractivity contribution in [2.24, 2.45) is 0 Å². The maximum atomic E-state index is 13.4. The van der Waals surface area contributed by atoms with E-state index in [1.165, 1.54) is 12.1 Å². The predicted octanol–water partition coefficient (Wildman–Crippen LogP) is 5.50. The van der Waals surface area contributed by atoms with Gasteiger partial charge in [0.2, 0.25) is 5.88 Å². The fourth-order valence-electron chi connectivity index (χ4n) is 1.28. The summed E-state index contributed by atoms with van der Waals surface area (Å²) in [5, 5.41) is 0.0326. The predicted molar refractivity (Wildman–Crippen MR) is 75.9 cm³/mol. The second kappa shape index (κ2) is 5.55. The lowest BCUT2D eigenvalue weighted by Crippen LogP contribution is -1.92. The number of benzene rings is 1. The van der Waals surface area contributed by atoms with Crippen LogP contribution >= 0.6 is 43.5 Å². The molecule has 2 nitrogen and oxygen atoms in total. The number of hydrogen-bond donors (Lipinski definition) is 0. The molecule has 0 saturated heterocycles. The number of halogens is 4. The highest BCUT2D eigenvalue weighted by Crippen LogP contribution is 2.35. The number of pyridine rings is 1. The van der Waals surface area contributed by atoms with Gasteiger partial charge in [-0.3, -0.25) is 0 Å².